The standard InChI is InChI=1S/C55H58N2O8S2/c1-35-19-24-57(34-35)23-6-25-62-45-14-9-36(10-15-45)52-55(67-51-33-43(60)12-17-48(51)64-52)40-27-39(29-44(61)30-40)46-31-37(11-16-47(46)63-26-5-22-56-20-2-3-21-56)53-54(38-7-4-8-41(58)28-38)66-50-32-42(59)13-18-49(50)65-53/h4,7-18,27-33,35,52-55,58-61H,2-3,5-6,19-26,34H2,1H3/t35-,52?,53+,54-,55-/m1/s1. The summed E-state index contributed by atoms with van der Waals surface area (Å²) in [5.74, 6) is 4.17. The van der Waals surface area contributed by atoms with Crippen molar-refractivity contribution in [3.63, 3.8) is 0 Å². The van der Waals surface area contributed by atoms with Crippen LogP contribution < -0.4 is 18.9 Å². The van der Waals surface area contributed by atoms with E-state index in [9.17, 15) is 20.4 Å². The van der Waals surface area contributed by atoms with Gasteiger partial charge in [-0.1, -0.05) is 37.3 Å². The number of hydrogen-bond acceptors (Lipinski definition) is 12. The molecule has 2 saturated heterocycles. The Morgan fingerprint density at radius 1 is 0.567 bits per heavy atom. The lowest BCUT2D eigenvalue weighted by molar-refractivity contribution is 0.190. The summed E-state index contributed by atoms with van der Waals surface area (Å²) in [6, 6.07) is 37.5. The maximum Gasteiger partial charge on any atom is 0.140 e. The second-order valence-electron chi connectivity index (χ2n) is 18.3. The van der Waals surface area contributed by atoms with Gasteiger partial charge in [-0.15, -0.1) is 23.5 Å². The summed E-state index contributed by atoms with van der Waals surface area (Å²) < 4.78 is 26.5. The van der Waals surface area contributed by atoms with E-state index in [1.54, 1.807) is 78.1 Å². The average molecular weight is 939 g/mol. The van der Waals surface area contributed by atoms with E-state index in [4.69, 9.17) is 18.9 Å². The number of ether oxygens (including phenoxy) is 4. The quantitative estimate of drug-likeness (QED) is 0.0733. The van der Waals surface area contributed by atoms with Gasteiger partial charge in [0.1, 0.15) is 58.2 Å². The molecule has 4 aliphatic heterocycles. The van der Waals surface area contributed by atoms with Crippen molar-refractivity contribution in [1.29, 1.82) is 0 Å². The van der Waals surface area contributed by atoms with Crippen LogP contribution in [0.15, 0.2) is 131 Å². The van der Waals surface area contributed by atoms with E-state index in [2.05, 4.69) is 41.0 Å². The molecule has 12 heteroatoms. The van der Waals surface area contributed by atoms with Crippen LogP contribution in [-0.2, 0) is 0 Å². The maximum absolute atomic E-state index is 11.7. The lowest BCUT2D eigenvalue weighted by Gasteiger charge is -2.34. The third kappa shape index (κ3) is 10.6. The van der Waals surface area contributed by atoms with Gasteiger partial charge < -0.3 is 49.2 Å². The first-order chi connectivity index (χ1) is 32.7. The fourth-order valence-corrected chi connectivity index (χ4v) is 12.4. The highest BCUT2D eigenvalue weighted by Gasteiger charge is 2.37. The summed E-state index contributed by atoms with van der Waals surface area (Å²) in [6.45, 7) is 10.1. The first kappa shape index (κ1) is 45.1. The van der Waals surface area contributed by atoms with Gasteiger partial charge in [-0.2, -0.15) is 0 Å². The largest absolute Gasteiger partial charge is 0.508 e. The van der Waals surface area contributed by atoms with Crippen LogP contribution in [0, 0.1) is 5.92 Å². The van der Waals surface area contributed by atoms with Crippen molar-refractivity contribution >= 4 is 23.5 Å². The zero-order valence-corrected chi connectivity index (χ0v) is 39.4. The number of thioether (sulfide) groups is 2. The highest BCUT2D eigenvalue weighted by atomic mass is 32.2. The zero-order valence-electron chi connectivity index (χ0n) is 37.8. The van der Waals surface area contributed by atoms with Crippen molar-refractivity contribution in [2.75, 3.05) is 52.5 Å². The number of hydrogen-bond donors (Lipinski definition) is 4. The number of benzene rings is 6. The maximum atomic E-state index is 11.7. The Morgan fingerprint density at radius 3 is 1.88 bits per heavy atom. The summed E-state index contributed by atoms with van der Waals surface area (Å²) in [6.07, 6.45) is 4.67. The number of phenolic OH excluding ortho intramolecular Hbond substituents is 4. The van der Waals surface area contributed by atoms with E-state index in [0.717, 1.165) is 93.9 Å². The molecule has 10 nitrogen and oxygen atoms in total. The van der Waals surface area contributed by atoms with E-state index in [0.29, 0.717) is 30.5 Å². The fraction of sp³-hybridized carbons (Fsp3) is 0.345. The second-order valence-corrected chi connectivity index (χ2v) is 20.7. The van der Waals surface area contributed by atoms with Crippen molar-refractivity contribution in [2.24, 2.45) is 5.92 Å². The van der Waals surface area contributed by atoms with Crippen molar-refractivity contribution in [3.8, 4) is 57.1 Å². The molecule has 6 aromatic rings. The highest BCUT2D eigenvalue weighted by Crippen LogP contribution is 2.57. The van der Waals surface area contributed by atoms with Gasteiger partial charge in [0.05, 0.1) is 33.5 Å². The number of phenols is 4. The minimum Gasteiger partial charge on any atom is -0.508 e. The summed E-state index contributed by atoms with van der Waals surface area (Å²) >= 11 is 3.18. The monoisotopic (exact) mass is 938 g/mol. The summed E-state index contributed by atoms with van der Waals surface area (Å²) in [5.41, 5.74) is 5.13. The molecule has 2 fully saturated rings. The van der Waals surface area contributed by atoms with Crippen molar-refractivity contribution < 1.29 is 39.4 Å². The number of aromatic hydroxyl groups is 4. The van der Waals surface area contributed by atoms with Crippen LogP contribution in [0.4, 0.5) is 0 Å². The van der Waals surface area contributed by atoms with Gasteiger partial charge in [-0.25, -0.2) is 0 Å². The van der Waals surface area contributed by atoms with Gasteiger partial charge in [0.15, 0.2) is 0 Å². The predicted molar refractivity (Wildman–Crippen MR) is 264 cm³/mol. The molecule has 0 spiro atoms. The Hall–Kier alpha value is -5.66. The molecule has 0 radical (unpaired) electrons. The van der Waals surface area contributed by atoms with Gasteiger partial charge >= 0.3 is 0 Å². The van der Waals surface area contributed by atoms with Crippen molar-refractivity contribution in [2.45, 2.75) is 71.5 Å². The predicted octanol–water partition coefficient (Wildman–Crippen LogP) is 12.1. The normalized spacial score (nSPS) is 21.5. The molecule has 0 aromatic heterocycles. The first-order valence-electron chi connectivity index (χ1n) is 23.6. The lowest BCUT2D eigenvalue weighted by atomic mass is 9.93. The van der Waals surface area contributed by atoms with E-state index in [-0.39, 0.29) is 33.5 Å². The molecule has 0 aliphatic carbocycles. The van der Waals surface area contributed by atoms with E-state index in [1.807, 2.05) is 42.5 Å². The molecule has 5 atom stereocenters. The van der Waals surface area contributed by atoms with Crippen LogP contribution in [0.25, 0.3) is 11.1 Å². The van der Waals surface area contributed by atoms with Gasteiger partial charge in [0.2, 0.25) is 0 Å². The van der Waals surface area contributed by atoms with Crippen LogP contribution in [-0.4, -0.2) is 82.7 Å². The number of nitrogens with zero attached hydrogens (tertiary/aromatic N) is 2. The van der Waals surface area contributed by atoms with Crippen molar-refractivity contribution in [3.05, 3.63) is 144 Å². The Labute approximate surface area is 401 Å². The fourth-order valence-electron chi connectivity index (χ4n) is 9.81. The topological polar surface area (TPSA) is 124 Å². The molecular formula is C55H58N2O8S2. The molecule has 4 heterocycles. The third-order valence-corrected chi connectivity index (χ3v) is 15.9. The highest BCUT2D eigenvalue weighted by molar-refractivity contribution is 8.00. The van der Waals surface area contributed by atoms with Crippen LogP contribution >= 0.6 is 23.5 Å². The van der Waals surface area contributed by atoms with Crippen LogP contribution in [0.3, 0.4) is 0 Å². The summed E-state index contributed by atoms with van der Waals surface area (Å²) in [7, 11) is 0. The Morgan fingerprint density at radius 2 is 1.19 bits per heavy atom. The molecule has 10 rings (SSSR count). The minimum atomic E-state index is -0.486. The molecular weight excluding hydrogens is 881 g/mol. The smallest absolute Gasteiger partial charge is 0.140 e. The summed E-state index contributed by atoms with van der Waals surface area (Å²) in [5, 5.41) is 42.6. The Bertz CT molecular complexity index is 2680. The summed E-state index contributed by atoms with van der Waals surface area (Å²) in [4.78, 5) is 6.62. The molecule has 0 bridgehead atoms. The van der Waals surface area contributed by atoms with E-state index < -0.39 is 12.2 Å². The van der Waals surface area contributed by atoms with E-state index in [1.165, 1.54) is 32.4 Å². The second kappa shape index (κ2) is 20.3. The molecule has 67 heavy (non-hydrogen) atoms. The molecule has 4 N–H and O–H groups in total. The van der Waals surface area contributed by atoms with E-state index >= 15 is 0 Å². The van der Waals surface area contributed by atoms with Gasteiger partial charge in [-0.05, 0) is 176 Å². The first-order valence-corrected chi connectivity index (χ1v) is 25.4. The van der Waals surface area contributed by atoms with Gasteiger partial charge in [0.25, 0.3) is 0 Å². The Kier molecular flexibility index (Phi) is 13.7. The van der Waals surface area contributed by atoms with Gasteiger partial charge in [0, 0.05) is 25.2 Å². The van der Waals surface area contributed by atoms with Crippen molar-refractivity contribution in [1.82, 2.24) is 9.80 Å². The van der Waals surface area contributed by atoms with Crippen LogP contribution in [0.5, 0.6) is 46.0 Å². The molecule has 6 aromatic carbocycles. The average Bonchev–Trinajstić information content (AvgIpc) is 4.02. The van der Waals surface area contributed by atoms with Crippen LogP contribution in [0.2, 0.25) is 0 Å². The lowest BCUT2D eigenvalue weighted by Crippen LogP contribution is -2.23. The molecule has 1 unspecified atom stereocenters. The zero-order chi connectivity index (χ0) is 45.9. The number of rotatable bonds is 15. The Balaban J connectivity index is 0.983. The third-order valence-electron chi connectivity index (χ3n) is 13.2. The minimum absolute atomic E-state index is 0.0990. The number of likely N-dealkylation sites (tertiary alicyclic amines) is 2. The number of fused-ring (bicyclic) bond motifs is 2. The van der Waals surface area contributed by atoms with Gasteiger partial charge in [-0.3, -0.25) is 0 Å². The molecule has 0 saturated carbocycles. The molecule has 0 amide bonds. The van der Waals surface area contributed by atoms with Crippen LogP contribution in [0.1, 0.15) is 84.0 Å². The molecule has 4 aliphatic rings. The molecule has 348 valence electrons. The SMILES string of the molecule is C[C@@H]1CCN(CCCOc2ccc(C3Oc4ccc(O)cc4S[C@@H]3c3cc(O)cc(-c4cc([C@@H]5Oc6ccc(O)cc6S[C@@H]5c5cccc(O)c5)ccc4OCCCN4CCCC4)c3)cc2)C1.